The molecule has 10 aromatic carbocycles. The zero-order valence-electron chi connectivity index (χ0n) is 35.0. The van der Waals surface area contributed by atoms with E-state index in [1.54, 1.807) is 0 Å². The van der Waals surface area contributed by atoms with Gasteiger partial charge in [-0.3, -0.25) is 0 Å². The number of nitrogens with zero attached hydrogens (tertiary/aromatic N) is 1. The van der Waals surface area contributed by atoms with Crippen molar-refractivity contribution in [2.75, 3.05) is 4.90 Å². The number of hydrogen-bond acceptors (Lipinski definition) is 4. The maximum Gasteiger partial charge on any atom is 0.159 e. The number of hydrogen-bond donors (Lipinski definition) is 0. The van der Waals surface area contributed by atoms with E-state index >= 15 is 0 Å². The Morgan fingerprint density at radius 1 is 0.385 bits per heavy atom. The molecule has 0 atom stereocenters. The van der Waals surface area contributed by atoms with Crippen molar-refractivity contribution in [1.82, 2.24) is 0 Å². The Bertz CT molecular complexity index is 3970. The molecule has 0 unspecified atom stereocenters. The molecule has 0 aliphatic heterocycles. The van der Waals surface area contributed by atoms with E-state index < -0.39 is 5.41 Å². The fourth-order valence-electron chi connectivity index (χ4n) is 11.0. The standard InChI is InChI=1S/C61H37NO2S/c1-4-17-39(18-5-1)61(40-19-6-2-7-20-40)50-28-13-10-23-44(50)45-32-31-42(37-51(45)61)62(41-21-8-3-9-22-41)52-36-38(43-26-16-27-47-46-24-12-15-30-56(46)65-60(43)47)35-49-58-55(64-59(49)52)34-33-54-57(58)48-25-11-14-29-53(48)63-54/h1-37H. The van der Waals surface area contributed by atoms with Crippen molar-refractivity contribution in [3.05, 3.63) is 247 Å². The van der Waals surface area contributed by atoms with E-state index in [9.17, 15) is 0 Å². The van der Waals surface area contributed by atoms with Crippen LogP contribution in [0.3, 0.4) is 0 Å². The number of thiophene rings is 1. The van der Waals surface area contributed by atoms with E-state index in [1.807, 2.05) is 17.4 Å². The van der Waals surface area contributed by atoms with Gasteiger partial charge in [-0.25, -0.2) is 0 Å². The molecule has 304 valence electrons. The summed E-state index contributed by atoms with van der Waals surface area (Å²) in [6.07, 6.45) is 0. The monoisotopic (exact) mass is 847 g/mol. The van der Waals surface area contributed by atoms with E-state index in [1.165, 1.54) is 59.1 Å². The normalized spacial score (nSPS) is 13.0. The van der Waals surface area contributed by atoms with Crippen molar-refractivity contribution >= 4 is 92.4 Å². The van der Waals surface area contributed by atoms with Crippen molar-refractivity contribution in [3.63, 3.8) is 0 Å². The van der Waals surface area contributed by atoms with Crippen LogP contribution in [-0.2, 0) is 5.41 Å². The third-order valence-corrected chi connectivity index (χ3v) is 14.9. The van der Waals surface area contributed by atoms with Crippen LogP contribution >= 0.6 is 11.3 Å². The topological polar surface area (TPSA) is 29.5 Å². The molecule has 0 saturated heterocycles. The van der Waals surface area contributed by atoms with Crippen LogP contribution in [0.15, 0.2) is 233 Å². The molecule has 0 amide bonds. The van der Waals surface area contributed by atoms with Crippen LogP contribution in [0.1, 0.15) is 22.3 Å². The first-order valence-corrected chi connectivity index (χ1v) is 23.0. The lowest BCUT2D eigenvalue weighted by Crippen LogP contribution is -2.28. The highest BCUT2D eigenvalue weighted by molar-refractivity contribution is 7.26. The predicted octanol–water partition coefficient (Wildman–Crippen LogP) is 17.4. The van der Waals surface area contributed by atoms with E-state index in [0.717, 1.165) is 66.5 Å². The van der Waals surface area contributed by atoms with Gasteiger partial charge >= 0.3 is 0 Å². The summed E-state index contributed by atoms with van der Waals surface area (Å²) in [6.45, 7) is 0. The Kier molecular flexibility index (Phi) is 7.77. The first kappa shape index (κ1) is 36.3. The number of rotatable bonds is 6. The summed E-state index contributed by atoms with van der Waals surface area (Å²) in [6, 6.07) is 81.5. The van der Waals surface area contributed by atoms with Gasteiger partial charge in [0.1, 0.15) is 16.7 Å². The molecule has 14 rings (SSSR count). The SMILES string of the molecule is c1ccc(N(c2ccc3c(c2)C(c2ccccc2)(c2ccccc2)c2ccccc2-3)c2cc(-c3cccc4c3sc3ccccc34)cc3c2oc2ccc4oc5ccccc5c4c23)cc1. The van der Waals surface area contributed by atoms with Gasteiger partial charge < -0.3 is 13.7 Å². The maximum atomic E-state index is 7.20. The lowest BCUT2D eigenvalue weighted by atomic mass is 9.67. The van der Waals surface area contributed by atoms with Gasteiger partial charge in [0, 0.05) is 53.1 Å². The molecule has 4 heteroatoms. The number of furan rings is 2. The third-order valence-electron chi connectivity index (χ3n) is 13.7. The predicted molar refractivity (Wildman–Crippen MR) is 271 cm³/mol. The number of para-hydroxylation sites is 2. The summed E-state index contributed by atoms with van der Waals surface area (Å²) in [5.41, 5.74) is 15.6. The molecule has 0 saturated carbocycles. The Labute approximate surface area is 378 Å². The number of fused-ring (bicyclic) bond motifs is 13. The van der Waals surface area contributed by atoms with Crippen LogP contribution in [0.2, 0.25) is 0 Å². The molecular formula is C61H37NO2S. The Morgan fingerprint density at radius 3 is 1.80 bits per heavy atom. The highest BCUT2D eigenvalue weighted by Gasteiger charge is 2.46. The van der Waals surface area contributed by atoms with Crippen molar-refractivity contribution in [2.45, 2.75) is 5.41 Å². The zero-order valence-corrected chi connectivity index (χ0v) is 35.9. The largest absolute Gasteiger partial charge is 0.456 e. The summed E-state index contributed by atoms with van der Waals surface area (Å²) in [4.78, 5) is 2.41. The van der Waals surface area contributed by atoms with Gasteiger partial charge in [0.2, 0.25) is 0 Å². The van der Waals surface area contributed by atoms with Crippen LogP contribution in [0.4, 0.5) is 17.1 Å². The quantitative estimate of drug-likeness (QED) is 0.167. The molecule has 0 bridgehead atoms. The smallest absolute Gasteiger partial charge is 0.159 e. The first-order chi connectivity index (χ1) is 32.2. The second-order valence-corrected chi connectivity index (χ2v) is 18.1. The van der Waals surface area contributed by atoms with Crippen LogP contribution in [0.25, 0.3) is 86.3 Å². The van der Waals surface area contributed by atoms with Crippen LogP contribution in [0.5, 0.6) is 0 Å². The van der Waals surface area contributed by atoms with Gasteiger partial charge in [0.25, 0.3) is 0 Å². The molecule has 13 aromatic rings. The lowest BCUT2D eigenvalue weighted by molar-refractivity contribution is 0.663. The molecule has 65 heavy (non-hydrogen) atoms. The minimum atomic E-state index is -0.561. The van der Waals surface area contributed by atoms with Crippen molar-refractivity contribution < 1.29 is 8.83 Å². The van der Waals surface area contributed by atoms with Crippen molar-refractivity contribution in [1.29, 1.82) is 0 Å². The molecule has 0 fully saturated rings. The highest BCUT2D eigenvalue weighted by atomic mass is 32.1. The average Bonchev–Trinajstić information content (AvgIpc) is 4.13. The molecule has 3 aromatic heterocycles. The highest BCUT2D eigenvalue weighted by Crippen LogP contribution is 2.58. The summed E-state index contributed by atoms with van der Waals surface area (Å²) in [7, 11) is 0. The van der Waals surface area contributed by atoms with E-state index in [0.29, 0.717) is 0 Å². The Balaban J connectivity index is 1.10. The maximum absolute atomic E-state index is 7.20. The fourth-order valence-corrected chi connectivity index (χ4v) is 12.3. The number of benzene rings is 10. The van der Waals surface area contributed by atoms with Gasteiger partial charge in [0.15, 0.2) is 5.58 Å². The molecule has 0 spiro atoms. The molecule has 3 heterocycles. The molecule has 0 N–H and O–H groups in total. The van der Waals surface area contributed by atoms with Crippen LogP contribution < -0.4 is 4.90 Å². The van der Waals surface area contributed by atoms with Gasteiger partial charge in [-0.15, -0.1) is 11.3 Å². The van der Waals surface area contributed by atoms with E-state index in [4.69, 9.17) is 8.83 Å². The molecule has 1 aliphatic carbocycles. The Morgan fingerprint density at radius 2 is 1.00 bits per heavy atom. The van der Waals surface area contributed by atoms with Gasteiger partial charge in [-0.2, -0.15) is 0 Å². The summed E-state index contributed by atoms with van der Waals surface area (Å²) >= 11 is 1.86. The molecule has 1 aliphatic rings. The minimum Gasteiger partial charge on any atom is -0.456 e. The summed E-state index contributed by atoms with van der Waals surface area (Å²) in [5, 5.41) is 6.78. The minimum absolute atomic E-state index is 0.561. The third kappa shape index (κ3) is 5.17. The van der Waals surface area contributed by atoms with Crippen molar-refractivity contribution in [3.8, 4) is 22.3 Å². The van der Waals surface area contributed by atoms with E-state index in [-0.39, 0.29) is 0 Å². The summed E-state index contributed by atoms with van der Waals surface area (Å²) < 4.78 is 16.3. The second kappa shape index (κ2) is 13.9. The molecule has 0 radical (unpaired) electrons. The van der Waals surface area contributed by atoms with Crippen molar-refractivity contribution in [2.24, 2.45) is 0 Å². The van der Waals surface area contributed by atoms with Crippen LogP contribution in [-0.4, -0.2) is 0 Å². The number of anilines is 3. The van der Waals surface area contributed by atoms with E-state index in [2.05, 4.69) is 223 Å². The summed E-state index contributed by atoms with van der Waals surface area (Å²) in [5.74, 6) is 0. The second-order valence-electron chi connectivity index (χ2n) is 17.1. The molecular weight excluding hydrogens is 811 g/mol. The fraction of sp³-hybridized carbons (Fsp3) is 0.0164. The Hall–Kier alpha value is -8.18. The molecule has 3 nitrogen and oxygen atoms in total. The van der Waals surface area contributed by atoms with Gasteiger partial charge in [-0.05, 0) is 105 Å². The van der Waals surface area contributed by atoms with Gasteiger partial charge in [0.05, 0.1) is 11.1 Å². The average molecular weight is 848 g/mol. The van der Waals surface area contributed by atoms with Gasteiger partial charge in [-0.1, -0.05) is 164 Å². The van der Waals surface area contributed by atoms with Crippen LogP contribution in [0, 0.1) is 0 Å². The lowest BCUT2D eigenvalue weighted by Gasteiger charge is -2.35. The first-order valence-electron chi connectivity index (χ1n) is 22.2. The zero-order chi connectivity index (χ0) is 42.6.